The smallest absolute Gasteiger partial charge is 0.259 e. The molecule has 4 aromatic rings. The quantitative estimate of drug-likeness (QED) is 0.310. The molecule has 0 unspecified atom stereocenters. The number of hydrogen-bond acceptors (Lipinski definition) is 6. The summed E-state index contributed by atoms with van der Waals surface area (Å²) in [6, 6.07) is 13.9. The average Bonchev–Trinajstić information content (AvgIpc) is 3.46. The van der Waals surface area contributed by atoms with Crippen LogP contribution in [0.15, 0.2) is 51.5 Å². The molecule has 7 nitrogen and oxygen atoms in total. The van der Waals surface area contributed by atoms with Gasteiger partial charge in [-0.2, -0.15) is 0 Å². The third-order valence-corrected chi connectivity index (χ3v) is 6.35. The van der Waals surface area contributed by atoms with Crippen molar-refractivity contribution in [2.75, 3.05) is 13.6 Å². The van der Waals surface area contributed by atoms with Gasteiger partial charge < -0.3 is 13.9 Å². The van der Waals surface area contributed by atoms with Gasteiger partial charge in [-0.3, -0.25) is 4.79 Å². The molecule has 0 bridgehead atoms. The first-order valence-electron chi connectivity index (χ1n) is 12.3. The van der Waals surface area contributed by atoms with Crippen LogP contribution in [0.4, 0.5) is 0 Å². The predicted octanol–water partition coefficient (Wildman–Crippen LogP) is 6.05. The fraction of sp³-hybridized carbons (Fsp3) is 0.429. The van der Waals surface area contributed by atoms with Gasteiger partial charge in [-0.15, -0.1) is 0 Å². The molecule has 1 aromatic carbocycles. The zero-order valence-corrected chi connectivity index (χ0v) is 20.9. The molecule has 0 spiro atoms. The standard InChI is InChI=1S/C28H32N4O3/c1-28(2,3)17-24-25-21(16-22(19-12-13-19)29-26(25)35-31-24)27(33)32(4)14-8-11-20-15-23(30-34-20)18-9-6-5-7-10-18/h5-7,9-10,15-16,19H,8,11-14,17H2,1-4H3. The van der Waals surface area contributed by atoms with Crippen molar-refractivity contribution in [1.29, 1.82) is 0 Å². The highest BCUT2D eigenvalue weighted by Gasteiger charge is 2.30. The zero-order chi connectivity index (χ0) is 24.6. The van der Waals surface area contributed by atoms with Crippen LogP contribution in [-0.2, 0) is 12.8 Å². The number of carbonyl (C=O) groups excluding carboxylic acids is 1. The maximum Gasteiger partial charge on any atom is 0.259 e. The molecule has 5 rings (SSSR count). The van der Waals surface area contributed by atoms with E-state index in [0.717, 1.165) is 53.1 Å². The second kappa shape index (κ2) is 9.29. The zero-order valence-electron chi connectivity index (χ0n) is 20.9. The first-order chi connectivity index (χ1) is 16.8. The van der Waals surface area contributed by atoms with Crippen LogP contribution in [0.3, 0.4) is 0 Å². The molecule has 3 heterocycles. The van der Waals surface area contributed by atoms with Gasteiger partial charge in [-0.1, -0.05) is 61.4 Å². The molecule has 0 N–H and O–H groups in total. The minimum atomic E-state index is -0.0276. The van der Waals surface area contributed by atoms with E-state index in [-0.39, 0.29) is 11.3 Å². The molecule has 7 heteroatoms. The van der Waals surface area contributed by atoms with Crippen molar-refractivity contribution in [3.63, 3.8) is 0 Å². The predicted molar refractivity (Wildman–Crippen MR) is 134 cm³/mol. The Morgan fingerprint density at radius 3 is 2.57 bits per heavy atom. The summed E-state index contributed by atoms with van der Waals surface area (Å²) < 4.78 is 11.1. The first-order valence-corrected chi connectivity index (χ1v) is 12.3. The number of benzene rings is 1. The van der Waals surface area contributed by atoms with Crippen molar-refractivity contribution >= 4 is 17.0 Å². The lowest BCUT2D eigenvalue weighted by Gasteiger charge is -2.19. The summed E-state index contributed by atoms with van der Waals surface area (Å²) in [6.45, 7) is 7.06. The van der Waals surface area contributed by atoms with Crippen molar-refractivity contribution in [3.05, 3.63) is 65.2 Å². The molecule has 182 valence electrons. The van der Waals surface area contributed by atoms with E-state index >= 15 is 0 Å². The number of nitrogens with zero attached hydrogens (tertiary/aromatic N) is 4. The van der Waals surface area contributed by atoms with Crippen LogP contribution >= 0.6 is 0 Å². The van der Waals surface area contributed by atoms with Crippen molar-refractivity contribution < 1.29 is 13.8 Å². The fourth-order valence-corrected chi connectivity index (χ4v) is 4.38. The largest absolute Gasteiger partial charge is 0.361 e. The Morgan fingerprint density at radius 1 is 1.09 bits per heavy atom. The minimum Gasteiger partial charge on any atom is -0.361 e. The van der Waals surface area contributed by atoms with E-state index in [9.17, 15) is 4.79 Å². The van der Waals surface area contributed by atoms with Crippen molar-refractivity contribution in [2.24, 2.45) is 5.41 Å². The Morgan fingerprint density at radius 2 is 1.86 bits per heavy atom. The Labute approximate surface area is 205 Å². The summed E-state index contributed by atoms with van der Waals surface area (Å²) in [5.41, 5.74) is 4.72. The van der Waals surface area contributed by atoms with Crippen LogP contribution in [0.2, 0.25) is 0 Å². The highest BCUT2D eigenvalue weighted by molar-refractivity contribution is 6.06. The van der Waals surface area contributed by atoms with E-state index in [1.165, 1.54) is 0 Å². The molecule has 0 radical (unpaired) electrons. The van der Waals surface area contributed by atoms with E-state index in [1.807, 2.05) is 49.5 Å². The van der Waals surface area contributed by atoms with Crippen molar-refractivity contribution in [2.45, 2.75) is 58.8 Å². The number of carbonyl (C=O) groups is 1. The summed E-state index contributed by atoms with van der Waals surface area (Å²) in [6.07, 6.45) is 4.40. The third-order valence-electron chi connectivity index (χ3n) is 6.35. The molecule has 1 aliphatic rings. The number of rotatable bonds is 8. The second-order valence-electron chi connectivity index (χ2n) is 10.8. The third kappa shape index (κ3) is 5.29. The molecular formula is C28H32N4O3. The van der Waals surface area contributed by atoms with Crippen LogP contribution in [0.5, 0.6) is 0 Å². The van der Waals surface area contributed by atoms with Gasteiger partial charge in [0.2, 0.25) is 0 Å². The molecule has 1 aliphatic carbocycles. The SMILES string of the molecule is CN(CCCc1cc(-c2ccccc2)no1)C(=O)c1cc(C2CC2)nc2onc(CC(C)(C)C)c12. The topological polar surface area (TPSA) is 85.3 Å². The Kier molecular flexibility index (Phi) is 6.17. The van der Waals surface area contributed by atoms with Crippen LogP contribution in [0, 0.1) is 5.41 Å². The maximum absolute atomic E-state index is 13.6. The minimum absolute atomic E-state index is 0.0147. The number of hydrogen-bond donors (Lipinski definition) is 0. The highest BCUT2D eigenvalue weighted by Crippen LogP contribution is 2.41. The maximum atomic E-state index is 13.6. The van der Waals surface area contributed by atoms with Gasteiger partial charge in [-0.25, -0.2) is 4.98 Å². The molecular weight excluding hydrogens is 440 g/mol. The summed E-state index contributed by atoms with van der Waals surface area (Å²) in [7, 11) is 1.85. The first kappa shape index (κ1) is 23.3. The molecule has 1 amide bonds. The van der Waals surface area contributed by atoms with Crippen LogP contribution in [0.25, 0.3) is 22.4 Å². The summed E-state index contributed by atoms with van der Waals surface area (Å²) >= 11 is 0. The Bertz CT molecular complexity index is 1330. The van der Waals surface area contributed by atoms with Gasteiger partial charge >= 0.3 is 0 Å². The normalized spacial score (nSPS) is 13.9. The lowest BCUT2D eigenvalue weighted by atomic mass is 9.89. The fourth-order valence-electron chi connectivity index (χ4n) is 4.38. The van der Waals surface area contributed by atoms with Gasteiger partial charge in [0.25, 0.3) is 11.6 Å². The molecule has 3 aromatic heterocycles. The lowest BCUT2D eigenvalue weighted by Crippen LogP contribution is -2.28. The van der Waals surface area contributed by atoms with Crippen molar-refractivity contribution in [1.82, 2.24) is 20.2 Å². The van der Waals surface area contributed by atoms with E-state index in [1.54, 1.807) is 4.90 Å². The number of fused-ring (bicyclic) bond motifs is 1. The molecule has 0 atom stereocenters. The van der Waals surface area contributed by atoms with E-state index < -0.39 is 0 Å². The summed E-state index contributed by atoms with van der Waals surface area (Å²) in [5.74, 6) is 1.21. The monoisotopic (exact) mass is 472 g/mol. The van der Waals surface area contributed by atoms with E-state index in [2.05, 4.69) is 31.1 Å². The van der Waals surface area contributed by atoms with Crippen LogP contribution in [-0.4, -0.2) is 39.7 Å². The molecule has 1 fully saturated rings. The second-order valence-corrected chi connectivity index (χ2v) is 10.8. The van der Waals surface area contributed by atoms with Gasteiger partial charge in [0, 0.05) is 43.3 Å². The van der Waals surface area contributed by atoms with Gasteiger partial charge in [-0.05, 0) is 37.2 Å². The summed E-state index contributed by atoms with van der Waals surface area (Å²) in [5, 5.41) is 9.25. The van der Waals surface area contributed by atoms with Gasteiger partial charge in [0.05, 0.1) is 16.6 Å². The van der Waals surface area contributed by atoms with E-state index in [0.29, 0.717) is 36.6 Å². The Hall–Kier alpha value is -3.48. The Balaban J connectivity index is 1.31. The average molecular weight is 473 g/mol. The highest BCUT2D eigenvalue weighted by atomic mass is 16.5. The van der Waals surface area contributed by atoms with Crippen molar-refractivity contribution in [3.8, 4) is 11.3 Å². The molecule has 35 heavy (non-hydrogen) atoms. The van der Waals surface area contributed by atoms with Gasteiger partial charge in [0.1, 0.15) is 11.5 Å². The molecule has 1 saturated carbocycles. The van der Waals surface area contributed by atoms with Crippen LogP contribution < -0.4 is 0 Å². The molecule has 0 aliphatic heterocycles. The van der Waals surface area contributed by atoms with Gasteiger partial charge in [0.15, 0.2) is 0 Å². The van der Waals surface area contributed by atoms with E-state index in [4.69, 9.17) is 14.0 Å². The van der Waals surface area contributed by atoms with Crippen LogP contribution in [0.1, 0.15) is 73.5 Å². The molecule has 0 saturated heterocycles. The number of aromatic nitrogens is 3. The number of amides is 1. The summed E-state index contributed by atoms with van der Waals surface area (Å²) in [4.78, 5) is 20.1. The number of aryl methyl sites for hydroxylation is 1. The lowest BCUT2D eigenvalue weighted by molar-refractivity contribution is 0.0794. The number of pyridine rings is 1.